The predicted octanol–water partition coefficient (Wildman–Crippen LogP) is 3.35. The number of halogens is 3. The van der Waals surface area contributed by atoms with Crippen LogP contribution in [0.1, 0.15) is 37.3 Å². The standard InChI is InChI=1S/C17H18F3N3O2/c18-17(19,20)10-4-5-13-14(7-10)23(11-2-1-3-11)16(21-13)22-15(25)12-6-9(12)8-24/h4-5,7,9,11-12,24H,1-3,6,8H2,(H,21,22,25)/t9-,12+/m1/s1. The fraction of sp³-hybridized carbons (Fsp3) is 0.529. The van der Waals surface area contributed by atoms with Gasteiger partial charge in [-0.2, -0.15) is 13.2 Å². The second-order valence-corrected chi connectivity index (χ2v) is 6.87. The molecule has 25 heavy (non-hydrogen) atoms. The summed E-state index contributed by atoms with van der Waals surface area (Å²) in [6.07, 6.45) is -1.08. The highest BCUT2D eigenvalue weighted by molar-refractivity contribution is 5.95. The fourth-order valence-corrected chi connectivity index (χ4v) is 3.35. The molecular formula is C17H18F3N3O2. The van der Waals surface area contributed by atoms with E-state index in [1.54, 1.807) is 4.57 Å². The van der Waals surface area contributed by atoms with E-state index in [1.807, 2.05) is 0 Å². The molecule has 0 radical (unpaired) electrons. The monoisotopic (exact) mass is 353 g/mol. The summed E-state index contributed by atoms with van der Waals surface area (Å²) in [6, 6.07) is 3.51. The van der Waals surface area contributed by atoms with Crippen LogP contribution in [0, 0.1) is 11.8 Å². The van der Waals surface area contributed by atoms with Crippen LogP contribution in [0.3, 0.4) is 0 Å². The first kappa shape index (κ1) is 16.4. The van der Waals surface area contributed by atoms with Gasteiger partial charge in [-0.3, -0.25) is 10.1 Å². The molecule has 2 aromatic rings. The number of aliphatic hydroxyl groups excluding tert-OH is 1. The fourth-order valence-electron chi connectivity index (χ4n) is 3.35. The zero-order valence-electron chi connectivity index (χ0n) is 13.4. The molecule has 2 N–H and O–H groups in total. The minimum absolute atomic E-state index is 0.0293. The number of nitrogens with one attached hydrogen (secondary N) is 1. The Morgan fingerprint density at radius 2 is 2.12 bits per heavy atom. The van der Waals surface area contributed by atoms with Crippen molar-refractivity contribution >= 4 is 22.9 Å². The lowest BCUT2D eigenvalue weighted by Crippen LogP contribution is -2.23. The lowest BCUT2D eigenvalue weighted by molar-refractivity contribution is -0.137. The van der Waals surface area contributed by atoms with E-state index in [9.17, 15) is 18.0 Å². The largest absolute Gasteiger partial charge is 0.416 e. The third-order valence-corrected chi connectivity index (χ3v) is 5.19. The molecule has 2 atom stereocenters. The summed E-state index contributed by atoms with van der Waals surface area (Å²) < 4.78 is 40.8. The first-order valence-corrected chi connectivity index (χ1v) is 8.39. The Balaban J connectivity index is 1.71. The normalized spacial score (nSPS) is 23.5. The van der Waals surface area contributed by atoms with Crippen molar-refractivity contribution in [3.63, 3.8) is 0 Å². The lowest BCUT2D eigenvalue weighted by Gasteiger charge is -2.29. The Labute approximate surface area is 141 Å². The Morgan fingerprint density at radius 3 is 2.68 bits per heavy atom. The van der Waals surface area contributed by atoms with Crippen molar-refractivity contribution in [1.82, 2.24) is 9.55 Å². The molecular weight excluding hydrogens is 335 g/mol. The molecule has 5 nitrogen and oxygen atoms in total. The number of amides is 1. The maximum atomic E-state index is 13.0. The van der Waals surface area contributed by atoms with E-state index in [4.69, 9.17) is 5.11 Å². The second-order valence-electron chi connectivity index (χ2n) is 6.87. The first-order chi connectivity index (χ1) is 11.9. The van der Waals surface area contributed by atoms with Gasteiger partial charge in [-0.25, -0.2) is 4.98 Å². The zero-order valence-corrected chi connectivity index (χ0v) is 13.4. The molecule has 1 aromatic heterocycles. The summed E-state index contributed by atoms with van der Waals surface area (Å²) in [7, 11) is 0. The number of rotatable bonds is 4. The van der Waals surface area contributed by atoms with Gasteiger partial charge < -0.3 is 9.67 Å². The van der Waals surface area contributed by atoms with Crippen LogP contribution in [0.15, 0.2) is 18.2 Å². The van der Waals surface area contributed by atoms with E-state index in [-0.39, 0.29) is 30.4 Å². The molecule has 1 aromatic carbocycles. The van der Waals surface area contributed by atoms with Gasteiger partial charge >= 0.3 is 6.18 Å². The number of carbonyl (C=O) groups excluding carboxylic acids is 1. The smallest absolute Gasteiger partial charge is 0.396 e. The minimum Gasteiger partial charge on any atom is -0.396 e. The quantitative estimate of drug-likeness (QED) is 0.886. The van der Waals surface area contributed by atoms with Gasteiger partial charge in [0.05, 0.1) is 16.6 Å². The van der Waals surface area contributed by atoms with Crippen LogP contribution in [-0.4, -0.2) is 27.2 Å². The van der Waals surface area contributed by atoms with Crippen molar-refractivity contribution in [3.8, 4) is 0 Å². The molecule has 0 aliphatic heterocycles. The number of hydrogen-bond acceptors (Lipinski definition) is 3. The number of hydrogen-bond donors (Lipinski definition) is 2. The maximum absolute atomic E-state index is 13.0. The molecule has 1 heterocycles. The second kappa shape index (κ2) is 5.72. The number of aliphatic hydroxyl groups is 1. The molecule has 0 spiro atoms. The van der Waals surface area contributed by atoms with E-state index in [0.717, 1.165) is 31.4 Å². The van der Waals surface area contributed by atoms with Crippen LogP contribution in [-0.2, 0) is 11.0 Å². The molecule has 1 amide bonds. The van der Waals surface area contributed by atoms with Gasteiger partial charge in [0.2, 0.25) is 11.9 Å². The van der Waals surface area contributed by atoms with E-state index in [2.05, 4.69) is 10.3 Å². The average molecular weight is 353 g/mol. The molecule has 2 aliphatic carbocycles. The van der Waals surface area contributed by atoms with Crippen LogP contribution >= 0.6 is 0 Å². The third kappa shape index (κ3) is 2.88. The number of nitrogens with zero attached hydrogens (tertiary/aromatic N) is 2. The third-order valence-electron chi connectivity index (χ3n) is 5.19. The van der Waals surface area contributed by atoms with Gasteiger partial charge in [0.15, 0.2) is 0 Å². The lowest BCUT2D eigenvalue weighted by atomic mass is 9.92. The summed E-state index contributed by atoms with van der Waals surface area (Å²) >= 11 is 0. The molecule has 134 valence electrons. The van der Waals surface area contributed by atoms with Crippen molar-refractivity contribution in [2.45, 2.75) is 37.9 Å². The summed E-state index contributed by atoms with van der Waals surface area (Å²) in [5.41, 5.74) is 0.106. The Kier molecular flexibility index (Phi) is 3.75. The average Bonchev–Trinajstić information content (AvgIpc) is 3.22. The minimum atomic E-state index is -4.42. The number of alkyl halides is 3. The number of fused-ring (bicyclic) bond motifs is 1. The van der Waals surface area contributed by atoms with Gasteiger partial charge in [-0.1, -0.05) is 0 Å². The van der Waals surface area contributed by atoms with E-state index < -0.39 is 11.7 Å². The predicted molar refractivity (Wildman–Crippen MR) is 84.9 cm³/mol. The van der Waals surface area contributed by atoms with Crippen LogP contribution in [0.5, 0.6) is 0 Å². The number of benzene rings is 1. The molecule has 0 unspecified atom stereocenters. The molecule has 2 aliphatic rings. The molecule has 0 bridgehead atoms. The highest BCUT2D eigenvalue weighted by atomic mass is 19.4. The van der Waals surface area contributed by atoms with E-state index >= 15 is 0 Å². The van der Waals surface area contributed by atoms with Crippen molar-refractivity contribution < 1.29 is 23.1 Å². The zero-order chi connectivity index (χ0) is 17.8. The highest BCUT2D eigenvalue weighted by Crippen LogP contribution is 2.41. The number of carbonyl (C=O) groups is 1. The summed E-state index contributed by atoms with van der Waals surface area (Å²) in [6.45, 7) is -0.0356. The van der Waals surface area contributed by atoms with Crippen molar-refractivity contribution in [1.29, 1.82) is 0 Å². The van der Waals surface area contributed by atoms with Crippen LogP contribution in [0.4, 0.5) is 19.1 Å². The highest BCUT2D eigenvalue weighted by Gasteiger charge is 2.43. The van der Waals surface area contributed by atoms with Gasteiger partial charge in [0, 0.05) is 18.6 Å². The van der Waals surface area contributed by atoms with Crippen molar-refractivity contribution in [2.24, 2.45) is 11.8 Å². The van der Waals surface area contributed by atoms with Crippen molar-refractivity contribution in [3.05, 3.63) is 23.8 Å². The molecule has 0 saturated heterocycles. The Morgan fingerprint density at radius 1 is 1.36 bits per heavy atom. The molecule has 8 heteroatoms. The van der Waals surface area contributed by atoms with Crippen molar-refractivity contribution in [2.75, 3.05) is 11.9 Å². The topological polar surface area (TPSA) is 67.2 Å². The SMILES string of the molecule is O=C(Nc1nc2ccc(C(F)(F)F)cc2n1C1CCC1)[C@H]1C[C@@H]1CO. The summed E-state index contributed by atoms with van der Waals surface area (Å²) in [4.78, 5) is 16.6. The van der Waals surface area contributed by atoms with E-state index in [1.165, 1.54) is 6.07 Å². The van der Waals surface area contributed by atoms with Crippen LogP contribution in [0.25, 0.3) is 11.0 Å². The van der Waals surface area contributed by atoms with Crippen LogP contribution in [0.2, 0.25) is 0 Å². The van der Waals surface area contributed by atoms with E-state index in [0.29, 0.717) is 23.4 Å². The Bertz CT molecular complexity index is 826. The number of anilines is 1. The number of imidazole rings is 1. The summed E-state index contributed by atoms with van der Waals surface area (Å²) in [5.74, 6) is -0.206. The maximum Gasteiger partial charge on any atom is 0.416 e. The summed E-state index contributed by atoms with van der Waals surface area (Å²) in [5, 5.41) is 11.8. The molecule has 2 saturated carbocycles. The first-order valence-electron chi connectivity index (χ1n) is 8.39. The van der Waals surface area contributed by atoms with Gasteiger partial charge in [0.1, 0.15) is 0 Å². The Hall–Kier alpha value is -2.09. The van der Waals surface area contributed by atoms with Crippen LogP contribution < -0.4 is 5.32 Å². The molecule has 2 fully saturated rings. The molecule has 4 rings (SSSR count). The van der Waals surface area contributed by atoms with Gasteiger partial charge in [0.25, 0.3) is 0 Å². The van der Waals surface area contributed by atoms with Gasteiger partial charge in [-0.05, 0) is 49.8 Å². The van der Waals surface area contributed by atoms with Gasteiger partial charge in [-0.15, -0.1) is 0 Å². The number of aromatic nitrogens is 2.